The number of hydrogen-bond acceptors (Lipinski definition) is 2. The Balaban J connectivity index is 2.75. The molecule has 2 N–H and O–H groups in total. The minimum atomic E-state index is 0.284. The molecule has 0 aromatic heterocycles. The Morgan fingerprint density at radius 3 is 2.45 bits per heavy atom. The Bertz CT molecular complexity index is 252. The lowest BCUT2D eigenvalue weighted by atomic mass is 9.86. The molecule has 1 aliphatic rings. The Labute approximate surface area is 127 Å². The molecule has 0 bridgehead atoms. The molecule has 1 fully saturated rings. The summed E-state index contributed by atoms with van der Waals surface area (Å²) in [5.74, 6) is 0.938. The van der Waals surface area contributed by atoms with Gasteiger partial charge in [-0.2, -0.15) is 0 Å². The topological polar surface area (TPSA) is 29.3 Å². The van der Waals surface area contributed by atoms with Crippen LogP contribution in [0.4, 0.5) is 0 Å². The van der Waals surface area contributed by atoms with E-state index in [2.05, 4.69) is 32.6 Å². The summed E-state index contributed by atoms with van der Waals surface area (Å²) in [5, 5.41) is 0. The quantitative estimate of drug-likeness (QED) is 0.522. The summed E-state index contributed by atoms with van der Waals surface area (Å²) in [7, 11) is 0. The number of nitrogens with zero attached hydrogens (tertiary/aromatic N) is 1. The zero-order valence-electron chi connectivity index (χ0n) is 14.5. The first-order chi connectivity index (χ1) is 9.59. The van der Waals surface area contributed by atoms with Crippen LogP contribution < -0.4 is 5.73 Å². The average molecular weight is 283 g/mol. The van der Waals surface area contributed by atoms with Crippen molar-refractivity contribution in [3.8, 4) is 0 Å². The van der Waals surface area contributed by atoms with Crippen molar-refractivity contribution < 1.29 is 0 Å². The molecule has 2 heteroatoms. The standard InChI is InChI=1S/C18H38N2/c1-5-7-8-14-20(16(3)4)18(15-19)12-9-10-17(6-2)11-13-18/h16-17H,5-15,19H2,1-4H3. The highest BCUT2D eigenvalue weighted by molar-refractivity contribution is 4.95. The summed E-state index contributed by atoms with van der Waals surface area (Å²) in [5.41, 5.74) is 6.58. The zero-order chi connectivity index (χ0) is 15.0. The van der Waals surface area contributed by atoms with Crippen LogP contribution >= 0.6 is 0 Å². The molecule has 0 amide bonds. The fourth-order valence-electron chi connectivity index (χ4n) is 4.05. The van der Waals surface area contributed by atoms with Gasteiger partial charge in [0.1, 0.15) is 0 Å². The van der Waals surface area contributed by atoms with Crippen molar-refractivity contribution in [2.45, 2.75) is 97.1 Å². The van der Waals surface area contributed by atoms with Gasteiger partial charge in [-0.3, -0.25) is 4.90 Å². The minimum Gasteiger partial charge on any atom is -0.329 e. The van der Waals surface area contributed by atoms with Crippen LogP contribution in [-0.4, -0.2) is 29.6 Å². The molecule has 1 rings (SSSR count). The SMILES string of the molecule is CCCCCN(C(C)C)C1(CN)CCCC(CC)CC1. The molecule has 2 unspecified atom stereocenters. The number of hydrogen-bond donors (Lipinski definition) is 1. The first kappa shape index (κ1) is 18.0. The molecule has 0 spiro atoms. The third-order valence-electron chi connectivity index (χ3n) is 5.46. The van der Waals surface area contributed by atoms with E-state index in [4.69, 9.17) is 5.73 Å². The van der Waals surface area contributed by atoms with Gasteiger partial charge in [0.15, 0.2) is 0 Å². The van der Waals surface area contributed by atoms with Crippen LogP contribution in [0.15, 0.2) is 0 Å². The van der Waals surface area contributed by atoms with Gasteiger partial charge in [0.25, 0.3) is 0 Å². The second kappa shape index (κ2) is 9.04. The molecule has 0 heterocycles. The number of rotatable bonds is 8. The van der Waals surface area contributed by atoms with E-state index in [1.807, 2.05) is 0 Å². The van der Waals surface area contributed by atoms with E-state index in [9.17, 15) is 0 Å². The predicted octanol–water partition coefficient (Wildman–Crippen LogP) is 4.57. The summed E-state index contributed by atoms with van der Waals surface area (Å²) in [6, 6.07) is 0.619. The summed E-state index contributed by atoms with van der Waals surface area (Å²) in [6.07, 6.45) is 12.1. The maximum atomic E-state index is 6.30. The molecule has 1 saturated carbocycles. The van der Waals surface area contributed by atoms with Gasteiger partial charge in [0.2, 0.25) is 0 Å². The van der Waals surface area contributed by atoms with Crippen molar-refractivity contribution in [3.63, 3.8) is 0 Å². The molecule has 0 radical (unpaired) electrons. The van der Waals surface area contributed by atoms with E-state index >= 15 is 0 Å². The third kappa shape index (κ3) is 4.73. The summed E-state index contributed by atoms with van der Waals surface area (Å²) in [6.45, 7) is 11.4. The predicted molar refractivity (Wildman–Crippen MR) is 90.0 cm³/mol. The Morgan fingerprint density at radius 1 is 1.15 bits per heavy atom. The molecular weight excluding hydrogens is 244 g/mol. The maximum Gasteiger partial charge on any atom is 0.0334 e. The van der Waals surface area contributed by atoms with Gasteiger partial charge in [0, 0.05) is 18.1 Å². The van der Waals surface area contributed by atoms with E-state index in [1.165, 1.54) is 64.3 Å². The molecule has 0 aromatic rings. The van der Waals surface area contributed by atoms with Gasteiger partial charge >= 0.3 is 0 Å². The van der Waals surface area contributed by atoms with Crippen LogP contribution in [0.2, 0.25) is 0 Å². The normalized spacial score (nSPS) is 28.1. The van der Waals surface area contributed by atoms with Crippen LogP contribution in [0, 0.1) is 5.92 Å². The molecule has 0 aromatic carbocycles. The lowest BCUT2D eigenvalue weighted by Gasteiger charge is -2.46. The first-order valence-electron chi connectivity index (χ1n) is 9.06. The van der Waals surface area contributed by atoms with Crippen molar-refractivity contribution in [3.05, 3.63) is 0 Å². The Hall–Kier alpha value is -0.0800. The highest BCUT2D eigenvalue weighted by atomic mass is 15.2. The van der Waals surface area contributed by atoms with Gasteiger partial charge in [-0.1, -0.05) is 46.0 Å². The fourth-order valence-corrected chi connectivity index (χ4v) is 4.05. The van der Waals surface area contributed by atoms with Gasteiger partial charge in [-0.25, -0.2) is 0 Å². The number of nitrogens with two attached hydrogens (primary N) is 1. The van der Waals surface area contributed by atoms with Crippen LogP contribution in [0.5, 0.6) is 0 Å². The largest absolute Gasteiger partial charge is 0.329 e. The molecular formula is C18H38N2. The lowest BCUT2D eigenvalue weighted by molar-refractivity contribution is 0.0451. The van der Waals surface area contributed by atoms with Crippen molar-refractivity contribution in [2.24, 2.45) is 11.7 Å². The monoisotopic (exact) mass is 282 g/mol. The van der Waals surface area contributed by atoms with Crippen LogP contribution in [-0.2, 0) is 0 Å². The van der Waals surface area contributed by atoms with Crippen LogP contribution in [0.25, 0.3) is 0 Å². The van der Waals surface area contributed by atoms with Crippen LogP contribution in [0.1, 0.15) is 85.5 Å². The second-order valence-corrected chi connectivity index (χ2v) is 7.13. The molecule has 2 atom stereocenters. The van der Waals surface area contributed by atoms with Crippen molar-refractivity contribution in [2.75, 3.05) is 13.1 Å². The molecule has 0 aliphatic heterocycles. The highest BCUT2D eigenvalue weighted by Crippen LogP contribution is 2.36. The van der Waals surface area contributed by atoms with Gasteiger partial charge in [0.05, 0.1) is 0 Å². The van der Waals surface area contributed by atoms with E-state index in [0.29, 0.717) is 6.04 Å². The average Bonchev–Trinajstić information content (AvgIpc) is 2.66. The molecule has 120 valence electrons. The Kier molecular flexibility index (Phi) is 8.13. The smallest absolute Gasteiger partial charge is 0.0334 e. The summed E-state index contributed by atoms with van der Waals surface area (Å²) < 4.78 is 0. The molecule has 0 saturated heterocycles. The van der Waals surface area contributed by atoms with Crippen LogP contribution in [0.3, 0.4) is 0 Å². The van der Waals surface area contributed by atoms with Gasteiger partial charge < -0.3 is 5.73 Å². The fraction of sp³-hybridized carbons (Fsp3) is 1.00. The third-order valence-corrected chi connectivity index (χ3v) is 5.46. The lowest BCUT2D eigenvalue weighted by Crippen LogP contribution is -2.56. The number of unbranched alkanes of at least 4 members (excludes halogenated alkanes) is 2. The van der Waals surface area contributed by atoms with E-state index in [-0.39, 0.29) is 5.54 Å². The molecule has 1 aliphatic carbocycles. The zero-order valence-corrected chi connectivity index (χ0v) is 14.5. The van der Waals surface area contributed by atoms with E-state index in [0.717, 1.165) is 12.5 Å². The first-order valence-corrected chi connectivity index (χ1v) is 9.06. The second-order valence-electron chi connectivity index (χ2n) is 7.13. The molecule has 2 nitrogen and oxygen atoms in total. The van der Waals surface area contributed by atoms with E-state index < -0.39 is 0 Å². The summed E-state index contributed by atoms with van der Waals surface area (Å²) in [4.78, 5) is 2.75. The Morgan fingerprint density at radius 2 is 1.90 bits per heavy atom. The highest BCUT2D eigenvalue weighted by Gasteiger charge is 2.38. The van der Waals surface area contributed by atoms with Gasteiger partial charge in [-0.05, 0) is 52.0 Å². The van der Waals surface area contributed by atoms with Crippen molar-refractivity contribution in [1.82, 2.24) is 4.90 Å². The molecule has 20 heavy (non-hydrogen) atoms. The van der Waals surface area contributed by atoms with Crippen molar-refractivity contribution in [1.29, 1.82) is 0 Å². The minimum absolute atomic E-state index is 0.284. The van der Waals surface area contributed by atoms with Gasteiger partial charge in [-0.15, -0.1) is 0 Å². The van der Waals surface area contributed by atoms with E-state index in [1.54, 1.807) is 0 Å². The maximum absolute atomic E-state index is 6.30. The van der Waals surface area contributed by atoms with Crippen molar-refractivity contribution >= 4 is 0 Å². The summed E-state index contributed by atoms with van der Waals surface area (Å²) >= 11 is 0.